The van der Waals surface area contributed by atoms with Gasteiger partial charge in [0.05, 0.1) is 16.8 Å². The van der Waals surface area contributed by atoms with E-state index in [1.807, 2.05) is 6.07 Å². The van der Waals surface area contributed by atoms with Gasteiger partial charge in [-0.1, -0.05) is 55.7 Å². The number of nitrogens with zero attached hydrogens (tertiary/aromatic N) is 1. The number of benzene rings is 2. The summed E-state index contributed by atoms with van der Waals surface area (Å²) in [6, 6.07) is 17.3. The van der Waals surface area contributed by atoms with Gasteiger partial charge in [0.15, 0.2) is 5.78 Å². The maximum absolute atomic E-state index is 13.0. The Morgan fingerprint density at radius 3 is 2.43 bits per heavy atom. The van der Waals surface area contributed by atoms with Crippen molar-refractivity contribution in [1.29, 1.82) is 0 Å². The van der Waals surface area contributed by atoms with Gasteiger partial charge in [0, 0.05) is 23.5 Å². The monoisotopic (exact) mass is 370 g/mol. The van der Waals surface area contributed by atoms with E-state index in [1.54, 1.807) is 6.20 Å². The van der Waals surface area contributed by atoms with Crippen molar-refractivity contribution >= 4 is 22.4 Å². The van der Waals surface area contributed by atoms with Gasteiger partial charge in [-0.05, 0) is 48.9 Å². The van der Waals surface area contributed by atoms with E-state index in [0.717, 1.165) is 40.6 Å². The predicted molar refractivity (Wildman–Crippen MR) is 115 cm³/mol. The standard InChI is InChI=1S/C25H26N2O/c28-25(18-11-12-18)22-16-26-23-14-13-19(17-7-3-1-4-8-17)15-21(23)24(22)27-20-9-5-2-6-10-20/h1,3-4,7-8,13-16,18,20H,2,5-6,9-12H2,(H,26,27). The summed E-state index contributed by atoms with van der Waals surface area (Å²) in [5, 5.41) is 4.84. The molecule has 2 aliphatic rings. The lowest BCUT2D eigenvalue weighted by molar-refractivity contribution is 0.0968. The number of hydrogen-bond donors (Lipinski definition) is 1. The fourth-order valence-corrected chi connectivity index (χ4v) is 4.36. The van der Waals surface area contributed by atoms with Gasteiger partial charge in [0.1, 0.15) is 0 Å². The van der Waals surface area contributed by atoms with E-state index in [0.29, 0.717) is 6.04 Å². The van der Waals surface area contributed by atoms with Crippen molar-refractivity contribution in [3.63, 3.8) is 0 Å². The highest BCUT2D eigenvalue weighted by molar-refractivity contribution is 6.10. The number of aromatic nitrogens is 1. The Morgan fingerprint density at radius 1 is 0.893 bits per heavy atom. The number of Topliss-reactive ketones (excluding diaryl/α,β-unsaturated/α-hetero) is 1. The Morgan fingerprint density at radius 2 is 1.68 bits per heavy atom. The molecule has 0 bridgehead atoms. The van der Waals surface area contributed by atoms with E-state index in [-0.39, 0.29) is 11.7 Å². The molecule has 1 aromatic heterocycles. The smallest absolute Gasteiger partial charge is 0.169 e. The first kappa shape index (κ1) is 17.4. The molecule has 3 aromatic rings. The van der Waals surface area contributed by atoms with Crippen molar-refractivity contribution in [2.24, 2.45) is 5.92 Å². The second kappa shape index (κ2) is 7.38. The van der Waals surface area contributed by atoms with Crippen LogP contribution in [0.5, 0.6) is 0 Å². The van der Waals surface area contributed by atoms with Crippen molar-refractivity contribution in [1.82, 2.24) is 4.98 Å². The summed E-state index contributed by atoms with van der Waals surface area (Å²) in [6.45, 7) is 0. The van der Waals surface area contributed by atoms with Gasteiger partial charge < -0.3 is 5.32 Å². The topological polar surface area (TPSA) is 42.0 Å². The number of ketones is 1. The first-order chi connectivity index (χ1) is 13.8. The Labute approximate surface area is 166 Å². The summed E-state index contributed by atoms with van der Waals surface area (Å²) < 4.78 is 0. The average Bonchev–Trinajstić information content (AvgIpc) is 3.60. The Bertz CT molecular complexity index is 1000. The third-order valence-corrected chi connectivity index (χ3v) is 6.14. The van der Waals surface area contributed by atoms with E-state index in [4.69, 9.17) is 0 Å². The van der Waals surface area contributed by atoms with Crippen LogP contribution in [0.15, 0.2) is 54.7 Å². The van der Waals surface area contributed by atoms with Gasteiger partial charge >= 0.3 is 0 Å². The van der Waals surface area contributed by atoms with E-state index in [1.165, 1.54) is 37.7 Å². The van der Waals surface area contributed by atoms with Crippen molar-refractivity contribution in [2.75, 3.05) is 5.32 Å². The molecule has 2 saturated carbocycles. The van der Waals surface area contributed by atoms with Crippen molar-refractivity contribution in [3.05, 3.63) is 60.3 Å². The first-order valence-electron chi connectivity index (χ1n) is 10.6. The Kier molecular flexibility index (Phi) is 4.59. The number of fused-ring (bicyclic) bond motifs is 1. The van der Waals surface area contributed by atoms with E-state index < -0.39 is 0 Å². The second-order valence-corrected chi connectivity index (χ2v) is 8.26. The van der Waals surface area contributed by atoms with Gasteiger partial charge in [-0.15, -0.1) is 0 Å². The minimum atomic E-state index is 0.198. The molecule has 0 aliphatic heterocycles. The largest absolute Gasteiger partial charge is 0.381 e. The van der Waals surface area contributed by atoms with Crippen molar-refractivity contribution in [2.45, 2.75) is 51.0 Å². The van der Waals surface area contributed by atoms with Gasteiger partial charge in [0.25, 0.3) is 0 Å². The second-order valence-electron chi connectivity index (χ2n) is 8.26. The van der Waals surface area contributed by atoms with Crippen LogP contribution in [0.3, 0.4) is 0 Å². The normalized spacial score (nSPS) is 17.6. The number of anilines is 1. The summed E-state index contributed by atoms with van der Waals surface area (Å²) >= 11 is 0. The van der Waals surface area contributed by atoms with Gasteiger partial charge in [-0.2, -0.15) is 0 Å². The number of nitrogens with one attached hydrogen (secondary N) is 1. The van der Waals surface area contributed by atoms with Gasteiger partial charge in [0.2, 0.25) is 0 Å². The number of rotatable bonds is 5. The molecule has 28 heavy (non-hydrogen) atoms. The average molecular weight is 370 g/mol. The summed E-state index contributed by atoms with van der Waals surface area (Å²) in [5.74, 6) is 0.460. The molecule has 5 rings (SSSR count). The van der Waals surface area contributed by atoms with Crippen molar-refractivity contribution in [3.8, 4) is 11.1 Å². The molecule has 0 unspecified atom stereocenters. The molecule has 0 amide bonds. The highest BCUT2D eigenvalue weighted by atomic mass is 16.1. The minimum Gasteiger partial charge on any atom is -0.381 e. The zero-order valence-electron chi connectivity index (χ0n) is 16.2. The number of hydrogen-bond acceptors (Lipinski definition) is 3. The van der Waals surface area contributed by atoms with Gasteiger partial charge in [-0.25, -0.2) is 0 Å². The fraction of sp³-hybridized carbons (Fsp3) is 0.360. The van der Waals surface area contributed by atoms with E-state index in [9.17, 15) is 4.79 Å². The third kappa shape index (κ3) is 3.42. The highest BCUT2D eigenvalue weighted by Crippen LogP contribution is 2.38. The summed E-state index contributed by atoms with van der Waals surface area (Å²) in [6.07, 6.45) is 10.0. The van der Waals surface area contributed by atoms with Crippen LogP contribution in [-0.2, 0) is 0 Å². The molecule has 1 heterocycles. The molecule has 0 spiro atoms. The highest BCUT2D eigenvalue weighted by Gasteiger charge is 2.33. The number of pyridine rings is 1. The van der Waals surface area contributed by atoms with Crippen LogP contribution < -0.4 is 5.32 Å². The molecular weight excluding hydrogens is 344 g/mol. The maximum Gasteiger partial charge on any atom is 0.169 e. The lowest BCUT2D eigenvalue weighted by atomic mass is 9.93. The molecule has 0 saturated heterocycles. The maximum atomic E-state index is 13.0. The predicted octanol–water partition coefficient (Wildman–Crippen LogP) is 6.24. The molecule has 3 heteroatoms. The summed E-state index contributed by atoms with van der Waals surface area (Å²) in [5.41, 5.74) is 5.09. The van der Waals surface area contributed by atoms with Crippen LogP contribution in [0.25, 0.3) is 22.0 Å². The fourth-order valence-electron chi connectivity index (χ4n) is 4.36. The summed E-state index contributed by atoms with van der Waals surface area (Å²) in [7, 11) is 0. The lowest BCUT2D eigenvalue weighted by Crippen LogP contribution is -2.24. The van der Waals surface area contributed by atoms with Crippen LogP contribution in [-0.4, -0.2) is 16.8 Å². The molecule has 142 valence electrons. The third-order valence-electron chi connectivity index (χ3n) is 6.14. The minimum absolute atomic E-state index is 0.198. The molecular formula is C25H26N2O. The Balaban J connectivity index is 1.63. The molecule has 0 atom stereocenters. The summed E-state index contributed by atoms with van der Waals surface area (Å²) in [4.78, 5) is 17.6. The number of carbonyl (C=O) groups is 1. The zero-order valence-corrected chi connectivity index (χ0v) is 16.2. The molecule has 1 N–H and O–H groups in total. The number of carbonyl (C=O) groups excluding carboxylic acids is 1. The SMILES string of the molecule is O=C(c1cnc2ccc(-c3ccccc3)cc2c1NC1CCCCC1)C1CC1. The van der Waals surface area contributed by atoms with Gasteiger partial charge in [-0.3, -0.25) is 9.78 Å². The molecule has 2 aromatic carbocycles. The zero-order chi connectivity index (χ0) is 18.9. The van der Waals surface area contributed by atoms with Crippen molar-refractivity contribution < 1.29 is 4.79 Å². The van der Waals surface area contributed by atoms with Crippen LogP contribution in [0.1, 0.15) is 55.3 Å². The quantitative estimate of drug-likeness (QED) is 0.541. The lowest BCUT2D eigenvalue weighted by Gasteiger charge is -2.26. The van der Waals surface area contributed by atoms with Crippen LogP contribution in [0.2, 0.25) is 0 Å². The van der Waals surface area contributed by atoms with E-state index in [2.05, 4.69) is 52.8 Å². The van der Waals surface area contributed by atoms with Crippen LogP contribution in [0, 0.1) is 5.92 Å². The molecule has 3 nitrogen and oxygen atoms in total. The van der Waals surface area contributed by atoms with Crippen LogP contribution >= 0.6 is 0 Å². The first-order valence-corrected chi connectivity index (χ1v) is 10.6. The molecule has 2 fully saturated rings. The van der Waals surface area contributed by atoms with Crippen LogP contribution in [0.4, 0.5) is 5.69 Å². The molecule has 2 aliphatic carbocycles. The van der Waals surface area contributed by atoms with E-state index >= 15 is 0 Å². The molecule has 0 radical (unpaired) electrons. The Hall–Kier alpha value is -2.68.